The maximum absolute atomic E-state index is 13.6. The van der Waals surface area contributed by atoms with Crippen LogP contribution in [0.25, 0.3) is 50.5 Å². The third kappa shape index (κ3) is 9.18. The Bertz CT molecular complexity index is 2620. The van der Waals surface area contributed by atoms with E-state index in [2.05, 4.69) is 21.7 Å². The van der Waals surface area contributed by atoms with Crippen LogP contribution in [0.2, 0.25) is 0 Å². The van der Waals surface area contributed by atoms with Gasteiger partial charge in [-0.05, 0) is 82.3 Å². The van der Waals surface area contributed by atoms with Gasteiger partial charge in [-0.2, -0.15) is 13.2 Å². The molecule has 7 heteroatoms. The van der Waals surface area contributed by atoms with Gasteiger partial charge >= 0.3 is 6.18 Å². The van der Waals surface area contributed by atoms with E-state index < -0.39 is 47.7 Å². The normalized spacial score (nSPS) is 14.5. The molecule has 5 aromatic carbocycles. The number of fused-ring (bicyclic) bond motifs is 1. The second-order valence-electron chi connectivity index (χ2n) is 14.0. The average Bonchev–Trinajstić information content (AvgIpc) is 3.59. The summed E-state index contributed by atoms with van der Waals surface area (Å²) in [5.74, 6) is -0.895. The molecule has 3 nitrogen and oxygen atoms in total. The number of aromatic nitrogens is 3. The first kappa shape index (κ1) is 32.4. The molecule has 0 spiro atoms. The maximum atomic E-state index is 13.6. The zero-order valence-electron chi connectivity index (χ0n) is 38.4. The van der Waals surface area contributed by atoms with Crippen molar-refractivity contribution in [3.8, 4) is 39.5 Å². The zero-order chi connectivity index (χ0) is 44.8. The van der Waals surface area contributed by atoms with E-state index in [4.69, 9.17) is 14.6 Å². The van der Waals surface area contributed by atoms with Crippen molar-refractivity contribution in [1.29, 1.82) is 0 Å². The summed E-state index contributed by atoms with van der Waals surface area (Å²) in [6.45, 7) is 6.20. The first-order valence-corrected chi connectivity index (χ1v) is 17.6. The quantitative estimate of drug-likeness (QED) is 0.142. The van der Waals surface area contributed by atoms with Crippen molar-refractivity contribution in [3.63, 3.8) is 0 Å². The van der Waals surface area contributed by atoms with Crippen molar-refractivity contribution < 1.29 is 42.9 Å². The van der Waals surface area contributed by atoms with Crippen molar-refractivity contribution >= 4 is 11.0 Å². The first-order valence-electron chi connectivity index (χ1n) is 21.1. The van der Waals surface area contributed by atoms with Gasteiger partial charge in [0.05, 0.1) is 22.3 Å². The fourth-order valence-corrected chi connectivity index (χ4v) is 6.11. The van der Waals surface area contributed by atoms with Crippen LogP contribution in [0.5, 0.6) is 0 Å². The number of rotatable bonds is 8. The molecule has 0 bridgehead atoms. The summed E-state index contributed by atoms with van der Waals surface area (Å²) in [6, 6.07) is 42.5. The zero-order valence-corrected chi connectivity index (χ0v) is 33.8. The summed E-state index contributed by atoms with van der Waals surface area (Å²) in [6.07, 6.45) is -6.32. The van der Waals surface area contributed by atoms with Crippen LogP contribution < -0.4 is 0 Å². The SMILES string of the molecule is [2H]C(C)(C)c1cccc(C([2H])(C)C)c1-n1c(-c2[c-]cccc2)nc2ccccc21.[2H]C([2H])([2H])c1cc(-c2ccnc(-c3[c-]cccc3)c2)ccc1C([2H])([2H])C(C)(C)C(F)(F)F.[Ir]. The van der Waals surface area contributed by atoms with Crippen molar-refractivity contribution in [2.24, 2.45) is 5.41 Å². The molecule has 2 heterocycles. The van der Waals surface area contributed by atoms with Crippen molar-refractivity contribution in [2.45, 2.75) is 72.7 Å². The Kier molecular flexibility index (Phi) is 10.2. The van der Waals surface area contributed by atoms with Crippen LogP contribution in [0, 0.1) is 24.4 Å². The van der Waals surface area contributed by atoms with E-state index >= 15 is 0 Å². The summed E-state index contributed by atoms with van der Waals surface area (Å²) >= 11 is 0. The molecule has 7 rings (SSSR count). The van der Waals surface area contributed by atoms with E-state index in [1.165, 1.54) is 12.1 Å². The van der Waals surface area contributed by atoms with Crippen LogP contribution >= 0.6 is 0 Å². The van der Waals surface area contributed by atoms with E-state index in [9.17, 15) is 13.2 Å². The summed E-state index contributed by atoms with van der Waals surface area (Å²) < 4.78 is 101. The van der Waals surface area contributed by atoms with Crippen LogP contribution in [-0.4, -0.2) is 20.7 Å². The van der Waals surface area contributed by atoms with Crippen molar-refractivity contribution in [3.05, 3.63) is 162 Å². The number of para-hydroxylation sites is 3. The van der Waals surface area contributed by atoms with E-state index in [1.54, 1.807) is 24.4 Å². The van der Waals surface area contributed by atoms with Crippen LogP contribution in [0.15, 0.2) is 128 Å². The number of aryl methyl sites for hydroxylation is 1. The maximum Gasteiger partial charge on any atom is 0.394 e. The Morgan fingerprint density at radius 2 is 1.38 bits per heavy atom. The number of imidazole rings is 1. The van der Waals surface area contributed by atoms with Crippen molar-refractivity contribution in [1.82, 2.24) is 14.5 Å². The third-order valence-electron chi connectivity index (χ3n) is 9.10. The minimum Gasteiger partial charge on any atom is -0.333 e. The van der Waals surface area contributed by atoms with Crippen molar-refractivity contribution in [2.75, 3.05) is 0 Å². The van der Waals surface area contributed by atoms with E-state index in [0.29, 0.717) is 16.8 Å². The van der Waals surface area contributed by atoms with Gasteiger partial charge in [0.25, 0.3) is 0 Å². The van der Waals surface area contributed by atoms with Gasteiger partial charge in [-0.1, -0.05) is 96.1 Å². The first-order chi connectivity index (χ1) is 28.3. The number of hydrogen-bond acceptors (Lipinski definition) is 2. The van der Waals surface area contributed by atoms with Gasteiger partial charge in [-0.3, -0.25) is 4.98 Å². The third-order valence-corrected chi connectivity index (χ3v) is 9.10. The molecule has 7 aromatic rings. The molecule has 0 amide bonds. The summed E-state index contributed by atoms with van der Waals surface area (Å²) in [5, 5.41) is 0. The molecule has 1 radical (unpaired) electrons. The molecule has 0 aliphatic carbocycles. The average molecular weight is 921 g/mol. The fourth-order valence-electron chi connectivity index (χ4n) is 6.11. The van der Waals surface area contributed by atoms with Gasteiger partial charge in [0.2, 0.25) is 0 Å². The molecule has 0 atom stereocenters. The van der Waals surface area contributed by atoms with Crippen LogP contribution in [0.3, 0.4) is 0 Å². The Hall–Kier alpha value is -4.84. The van der Waals surface area contributed by atoms with Gasteiger partial charge in [-0.15, -0.1) is 71.8 Å². The number of pyridine rings is 1. The van der Waals surface area contributed by atoms with Crippen LogP contribution in [-0.2, 0) is 26.5 Å². The van der Waals surface area contributed by atoms with E-state index in [1.807, 2.05) is 113 Å². The Balaban J connectivity index is 0.000000231. The number of nitrogens with zero attached hydrogens (tertiary/aromatic N) is 3. The Morgan fingerprint density at radius 1 is 0.764 bits per heavy atom. The Morgan fingerprint density at radius 3 is 1.98 bits per heavy atom. The summed E-state index contributed by atoms with van der Waals surface area (Å²) in [4.78, 5) is 9.21. The predicted octanol–water partition coefficient (Wildman–Crippen LogP) is 13.4. The standard InChI is InChI=1S/C25H25N2.C23H21F3N.Ir/c1-17(2)20-13-10-14-21(18(3)4)24(20)27-23-16-9-8-15-22(23)26-25(27)19-11-6-5-7-12-19;1-16-13-18(9-10-20(16)15-22(2,3)23(24,25)26)19-11-12-27-21(14-19)17-7-5-4-6-8-17;/h5-11,13-18H,1-4H3;4-7,9-14H,15H2,1-3H3;/q2*-1;/i17D,18D;1D3,15D2;. The second kappa shape index (κ2) is 17.3. The van der Waals surface area contributed by atoms with Gasteiger partial charge < -0.3 is 9.55 Å². The fraction of sp³-hybridized carbons (Fsp3) is 0.250. The molecule has 0 unspecified atom stereocenters. The Labute approximate surface area is 346 Å². The van der Waals surface area contributed by atoms with Gasteiger partial charge in [-0.25, -0.2) is 0 Å². The minimum absolute atomic E-state index is 0. The molecule has 285 valence electrons. The number of alkyl halides is 3. The molecule has 55 heavy (non-hydrogen) atoms. The molecule has 2 aromatic heterocycles. The molecular weight excluding hydrogens is 868 g/mol. The minimum atomic E-state index is -4.88. The number of hydrogen-bond donors (Lipinski definition) is 0. The molecule has 0 fully saturated rings. The molecule has 0 saturated heterocycles. The van der Waals surface area contributed by atoms with Crippen LogP contribution in [0.4, 0.5) is 13.2 Å². The summed E-state index contributed by atoms with van der Waals surface area (Å²) in [5.41, 5.74) is 3.91. The largest absolute Gasteiger partial charge is 0.394 e. The van der Waals surface area contributed by atoms with E-state index in [-0.39, 0.29) is 20.1 Å². The van der Waals surface area contributed by atoms with Gasteiger partial charge in [0, 0.05) is 41.6 Å². The monoisotopic (exact) mass is 921 g/mol. The number of halogens is 3. The number of benzene rings is 5. The summed E-state index contributed by atoms with van der Waals surface area (Å²) in [7, 11) is 0. The topological polar surface area (TPSA) is 30.7 Å². The van der Waals surface area contributed by atoms with Crippen LogP contribution in [0.1, 0.15) is 85.2 Å². The second-order valence-corrected chi connectivity index (χ2v) is 14.0. The predicted molar refractivity (Wildman–Crippen MR) is 216 cm³/mol. The molecule has 0 N–H and O–H groups in total. The smallest absolute Gasteiger partial charge is 0.333 e. The molecule has 0 aliphatic rings. The van der Waals surface area contributed by atoms with Gasteiger partial charge in [0.15, 0.2) is 0 Å². The molecule has 0 saturated carbocycles. The van der Waals surface area contributed by atoms with E-state index in [0.717, 1.165) is 64.7 Å². The molecular formula is C48H46F3IrN3-2. The molecule has 0 aliphatic heterocycles. The van der Waals surface area contributed by atoms with Gasteiger partial charge in [0.1, 0.15) is 0 Å².